The van der Waals surface area contributed by atoms with Crippen molar-refractivity contribution in [1.29, 1.82) is 0 Å². The van der Waals surface area contributed by atoms with Crippen LogP contribution in [0.4, 0.5) is 4.39 Å². The lowest BCUT2D eigenvalue weighted by molar-refractivity contribution is 0.0692. The zero-order valence-electron chi connectivity index (χ0n) is 17.1. The fraction of sp³-hybridized carbons (Fsp3) is 0.240. The summed E-state index contributed by atoms with van der Waals surface area (Å²) in [6.45, 7) is 1.49. The number of fused-ring (bicyclic) bond motifs is 1. The van der Waals surface area contributed by atoms with Gasteiger partial charge in [-0.05, 0) is 67.1 Å². The number of pyridine rings is 1. The van der Waals surface area contributed by atoms with Crippen molar-refractivity contribution in [2.75, 3.05) is 13.1 Å². The molecule has 6 heteroatoms. The van der Waals surface area contributed by atoms with Gasteiger partial charge in [-0.3, -0.25) is 9.20 Å². The molecule has 4 aromatic rings. The lowest BCUT2D eigenvalue weighted by Gasteiger charge is -2.32. The summed E-state index contributed by atoms with van der Waals surface area (Å²) < 4.78 is 15.1. The Kier molecular flexibility index (Phi) is 5.20. The van der Waals surface area contributed by atoms with Crippen LogP contribution in [0.1, 0.15) is 28.8 Å². The number of nitrogens with zero attached hydrogens (tertiary/aromatic N) is 4. The van der Waals surface area contributed by atoms with E-state index in [4.69, 9.17) is 0 Å². The van der Waals surface area contributed by atoms with E-state index in [0.29, 0.717) is 23.0 Å². The number of halogens is 1. The number of carbonyl (C=O) groups excluding carboxylic acids is 1. The minimum atomic E-state index is -0.302. The van der Waals surface area contributed by atoms with Crippen molar-refractivity contribution in [2.24, 2.45) is 5.92 Å². The van der Waals surface area contributed by atoms with E-state index < -0.39 is 0 Å². The van der Waals surface area contributed by atoms with E-state index in [1.807, 2.05) is 23.2 Å². The molecule has 1 aliphatic rings. The van der Waals surface area contributed by atoms with Gasteiger partial charge >= 0.3 is 0 Å². The molecular weight excluding hydrogens is 391 g/mol. The van der Waals surface area contributed by atoms with Crippen LogP contribution in [0.3, 0.4) is 0 Å². The summed E-state index contributed by atoms with van der Waals surface area (Å²) in [5.74, 6) is 0.873. The minimum Gasteiger partial charge on any atom is -0.339 e. The molecule has 31 heavy (non-hydrogen) atoms. The summed E-state index contributed by atoms with van der Waals surface area (Å²) in [6.07, 6.45) is 4.88. The van der Waals surface area contributed by atoms with Gasteiger partial charge in [0.05, 0.1) is 5.56 Å². The van der Waals surface area contributed by atoms with Gasteiger partial charge in [-0.2, -0.15) is 0 Å². The zero-order valence-corrected chi connectivity index (χ0v) is 17.1. The van der Waals surface area contributed by atoms with Crippen LogP contribution < -0.4 is 0 Å². The van der Waals surface area contributed by atoms with E-state index in [2.05, 4.69) is 34.5 Å². The fourth-order valence-corrected chi connectivity index (χ4v) is 4.34. The van der Waals surface area contributed by atoms with Gasteiger partial charge in [0, 0.05) is 24.8 Å². The lowest BCUT2D eigenvalue weighted by atomic mass is 9.90. The fourth-order valence-electron chi connectivity index (χ4n) is 4.34. The summed E-state index contributed by atoms with van der Waals surface area (Å²) >= 11 is 0. The number of benzene rings is 2. The number of rotatable bonds is 4. The molecule has 0 atom stereocenters. The van der Waals surface area contributed by atoms with Gasteiger partial charge in [0.15, 0.2) is 11.5 Å². The predicted molar refractivity (Wildman–Crippen MR) is 117 cm³/mol. The zero-order chi connectivity index (χ0) is 21.2. The van der Waals surface area contributed by atoms with Gasteiger partial charge in [-0.15, -0.1) is 10.2 Å². The monoisotopic (exact) mass is 414 g/mol. The molecule has 1 saturated heterocycles. The second kappa shape index (κ2) is 8.30. The first-order chi connectivity index (χ1) is 15.2. The number of piperidine rings is 1. The Hall–Kier alpha value is -3.54. The Balaban J connectivity index is 1.33. The van der Waals surface area contributed by atoms with Crippen LogP contribution in [-0.2, 0) is 6.42 Å². The quantitative estimate of drug-likeness (QED) is 0.489. The molecule has 0 N–H and O–H groups in total. The Morgan fingerprint density at radius 3 is 2.42 bits per heavy atom. The van der Waals surface area contributed by atoms with Gasteiger partial charge in [0.1, 0.15) is 5.82 Å². The average Bonchev–Trinajstić information content (AvgIpc) is 3.25. The molecule has 0 spiro atoms. The minimum absolute atomic E-state index is 0.0122. The van der Waals surface area contributed by atoms with Gasteiger partial charge in [-0.25, -0.2) is 4.39 Å². The van der Waals surface area contributed by atoms with Gasteiger partial charge < -0.3 is 4.90 Å². The highest BCUT2D eigenvalue weighted by atomic mass is 19.1. The molecule has 2 aromatic carbocycles. The van der Waals surface area contributed by atoms with E-state index >= 15 is 0 Å². The van der Waals surface area contributed by atoms with Crippen LogP contribution >= 0.6 is 0 Å². The molecule has 156 valence electrons. The first-order valence-electron chi connectivity index (χ1n) is 10.6. The topological polar surface area (TPSA) is 50.5 Å². The first-order valence-corrected chi connectivity index (χ1v) is 10.6. The number of amides is 1. The Labute approximate surface area is 180 Å². The third-order valence-electron chi connectivity index (χ3n) is 6.04. The summed E-state index contributed by atoms with van der Waals surface area (Å²) in [7, 11) is 0. The molecule has 1 amide bonds. The smallest absolute Gasteiger partial charge is 0.257 e. The van der Waals surface area contributed by atoms with Crippen molar-refractivity contribution in [3.63, 3.8) is 0 Å². The van der Waals surface area contributed by atoms with E-state index in [0.717, 1.165) is 37.9 Å². The molecule has 0 radical (unpaired) electrons. The largest absolute Gasteiger partial charge is 0.339 e. The molecule has 5 nitrogen and oxygen atoms in total. The van der Waals surface area contributed by atoms with Gasteiger partial charge in [0.25, 0.3) is 5.91 Å². The number of hydrogen-bond donors (Lipinski definition) is 0. The highest BCUT2D eigenvalue weighted by molar-refractivity contribution is 6.00. The summed E-state index contributed by atoms with van der Waals surface area (Å²) in [5.41, 5.74) is 3.18. The molecule has 1 fully saturated rings. The molecule has 0 aliphatic carbocycles. The van der Waals surface area contributed by atoms with Crippen molar-refractivity contribution < 1.29 is 9.18 Å². The Morgan fingerprint density at radius 2 is 1.68 bits per heavy atom. The summed E-state index contributed by atoms with van der Waals surface area (Å²) in [5, 5.41) is 8.54. The normalized spacial score (nSPS) is 14.8. The first kappa shape index (κ1) is 19.4. The maximum Gasteiger partial charge on any atom is 0.257 e. The van der Waals surface area contributed by atoms with E-state index in [1.165, 1.54) is 17.7 Å². The van der Waals surface area contributed by atoms with Crippen LogP contribution in [0.25, 0.3) is 17.0 Å². The van der Waals surface area contributed by atoms with Crippen molar-refractivity contribution in [1.82, 2.24) is 19.5 Å². The van der Waals surface area contributed by atoms with Gasteiger partial charge in [0.2, 0.25) is 0 Å². The average molecular weight is 414 g/mol. The van der Waals surface area contributed by atoms with E-state index in [9.17, 15) is 9.18 Å². The third-order valence-corrected chi connectivity index (χ3v) is 6.04. The molecule has 0 unspecified atom stereocenters. The molecule has 5 rings (SSSR count). The third kappa shape index (κ3) is 3.93. The summed E-state index contributed by atoms with van der Waals surface area (Å²) in [4.78, 5) is 15.2. The summed E-state index contributed by atoms with van der Waals surface area (Å²) in [6, 6.07) is 20.3. The Morgan fingerprint density at radius 1 is 0.935 bits per heavy atom. The highest BCUT2D eigenvalue weighted by Crippen LogP contribution is 2.25. The van der Waals surface area contributed by atoms with Crippen molar-refractivity contribution in [3.8, 4) is 11.4 Å². The maximum absolute atomic E-state index is 13.3. The lowest BCUT2D eigenvalue weighted by Crippen LogP contribution is -2.39. The molecule has 0 bridgehead atoms. The molecule has 0 saturated carbocycles. The van der Waals surface area contributed by atoms with E-state index in [1.54, 1.807) is 22.6 Å². The molecule has 1 aliphatic heterocycles. The number of carbonyl (C=O) groups is 1. The number of aromatic nitrogens is 3. The number of hydrogen-bond acceptors (Lipinski definition) is 3. The highest BCUT2D eigenvalue weighted by Gasteiger charge is 2.26. The van der Waals surface area contributed by atoms with Gasteiger partial charge in [-0.1, -0.05) is 30.3 Å². The SMILES string of the molecule is O=C(c1cccn2c(-c3ccc(F)cc3)nnc12)N1CCC(Cc2ccccc2)CC1. The van der Waals surface area contributed by atoms with Crippen LogP contribution in [0.15, 0.2) is 72.9 Å². The van der Waals surface area contributed by atoms with Crippen molar-refractivity contribution in [2.45, 2.75) is 19.3 Å². The molecule has 2 aromatic heterocycles. The van der Waals surface area contributed by atoms with E-state index in [-0.39, 0.29) is 11.7 Å². The van der Waals surface area contributed by atoms with Crippen LogP contribution in [0.5, 0.6) is 0 Å². The predicted octanol–water partition coefficient (Wildman–Crippen LogP) is 4.63. The second-order valence-corrected chi connectivity index (χ2v) is 8.07. The van der Waals surface area contributed by atoms with Crippen LogP contribution in [0, 0.1) is 11.7 Å². The standard InChI is InChI=1S/C25H23FN4O/c26-21-10-8-20(9-11-21)23-27-28-24-22(7-4-14-30(23)24)25(31)29-15-12-19(13-16-29)17-18-5-2-1-3-6-18/h1-11,14,19H,12-13,15-17H2. The number of likely N-dealkylation sites (tertiary alicyclic amines) is 1. The Bertz CT molecular complexity index is 1200. The second-order valence-electron chi connectivity index (χ2n) is 8.07. The van der Waals surface area contributed by atoms with Crippen molar-refractivity contribution >= 4 is 11.6 Å². The maximum atomic E-state index is 13.3. The van der Waals surface area contributed by atoms with Crippen LogP contribution in [0.2, 0.25) is 0 Å². The van der Waals surface area contributed by atoms with Crippen molar-refractivity contribution in [3.05, 3.63) is 89.9 Å². The van der Waals surface area contributed by atoms with Crippen LogP contribution in [-0.4, -0.2) is 38.5 Å². The molecular formula is C25H23FN4O. The molecule has 3 heterocycles.